The van der Waals surface area contributed by atoms with Crippen LogP contribution in [0.5, 0.6) is 0 Å². The van der Waals surface area contributed by atoms with Crippen molar-refractivity contribution in [3.8, 4) is 33.4 Å². The molecule has 312 valence electrons. The topological polar surface area (TPSA) is 52.6 Å². The van der Waals surface area contributed by atoms with Crippen molar-refractivity contribution in [1.82, 2.24) is 0 Å². The summed E-state index contributed by atoms with van der Waals surface area (Å²) in [5.74, 6) is -1.21. The number of carbonyl (C=O) groups is 2. The Hall–Kier alpha value is -7.51. The first kappa shape index (κ1) is 39.3. The molecule has 0 aliphatic heterocycles. The van der Waals surface area contributed by atoms with Crippen LogP contribution in [-0.2, 0) is 30.9 Å². The fourth-order valence-electron chi connectivity index (χ4n) is 10.5. The number of alkyl halides is 3. The van der Waals surface area contributed by atoms with Gasteiger partial charge in [0.2, 0.25) is 0 Å². The molecular formula is C57H39F3O4. The van der Waals surface area contributed by atoms with E-state index < -0.39 is 30.0 Å². The summed E-state index contributed by atoms with van der Waals surface area (Å²) in [5, 5.41) is 12.9. The molecule has 0 fully saturated rings. The number of benzene rings is 10. The van der Waals surface area contributed by atoms with Crippen LogP contribution in [0.3, 0.4) is 0 Å². The average molecular weight is 845 g/mol. The fraction of sp³-hybridized carbons (Fsp3) is 0.123. The molecule has 11 rings (SSSR count). The van der Waals surface area contributed by atoms with Crippen LogP contribution in [0.25, 0.3) is 98.0 Å². The van der Waals surface area contributed by atoms with Crippen LogP contribution in [-0.4, -0.2) is 31.3 Å². The lowest BCUT2D eigenvalue weighted by molar-refractivity contribution is -0.143. The van der Waals surface area contributed by atoms with Gasteiger partial charge in [0.15, 0.2) is 0 Å². The first-order valence-corrected chi connectivity index (χ1v) is 21.3. The van der Waals surface area contributed by atoms with Gasteiger partial charge in [-0.05, 0) is 146 Å². The van der Waals surface area contributed by atoms with Gasteiger partial charge >= 0.3 is 18.1 Å². The summed E-state index contributed by atoms with van der Waals surface area (Å²) in [7, 11) is 0. The van der Waals surface area contributed by atoms with Gasteiger partial charge in [-0.2, -0.15) is 13.2 Å². The summed E-state index contributed by atoms with van der Waals surface area (Å²) in [5.41, 5.74) is 8.10. The highest BCUT2D eigenvalue weighted by Gasteiger charge is 2.46. The molecule has 1 aliphatic rings. The summed E-state index contributed by atoms with van der Waals surface area (Å²) in [6.45, 7) is 9.14. The van der Waals surface area contributed by atoms with Crippen molar-refractivity contribution < 1.29 is 32.2 Å². The molecule has 1 aliphatic carbocycles. The zero-order valence-corrected chi connectivity index (χ0v) is 34.9. The second kappa shape index (κ2) is 14.5. The Labute approximate surface area is 366 Å². The first-order chi connectivity index (χ1) is 30.9. The molecule has 10 aromatic rings. The van der Waals surface area contributed by atoms with Crippen LogP contribution >= 0.6 is 0 Å². The van der Waals surface area contributed by atoms with Crippen molar-refractivity contribution in [3.05, 3.63) is 181 Å². The van der Waals surface area contributed by atoms with E-state index in [1.807, 2.05) is 36.4 Å². The summed E-state index contributed by atoms with van der Waals surface area (Å²) >= 11 is 0. The van der Waals surface area contributed by atoms with Crippen LogP contribution in [0.4, 0.5) is 13.2 Å². The maximum Gasteiger partial charge on any atom is 0.389 e. The molecule has 0 bridgehead atoms. The standard InChI is InChI=1S/C57H39F3O4/c1-4-50(61)63-30-56(31-64-51(62)5-2)48-28-36(42-16-10-34-6-8-38-24-32(3)25-39-14-20-46(42)54(34)52(38)39)12-18-44(48)45-19-13-37(29-49(45)56)43-17-11-35-7-9-40-26-33(22-23-57(58,59)60)27-41-15-21-47(43)55(35)53(40)41/h4-21,24-29H,1-2,22-23,30-31H2,3H3. The van der Waals surface area contributed by atoms with E-state index in [0.717, 1.165) is 99.7 Å². The number of fused-ring (bicyclic) bond motifs is 3. The van der Waals surface area contributed by atoms with Crippen molar-refractivity contribution in [3.63, 3.8) is 0 Å². The molecule has 10 aromatic carbocycles. The Morgan fingerprint density at radius 2 is 0.938 bits per heavy atom. The van der Waals surface area contributed by atoms with Gasteiger partial charge in [0.25, 0.3) is 0 Å². The van der Waals surface area contributed by atoms with E-state index in [-0.39, 0.29) is 19.6 Å². The third kappa shape index (κ3) is 6.21. The van der Waals surface area contributed by atoms with Gasteiger partial charge in [0.1, 0.15) is 13.2 Å². The molecule has 7 heteroatoms. The Balaban J connectivity index is 1.09. The highest BCUT2D eigenvalue weighted by Crippen LogP contribution is 2.53. The molecule has 0 saturated heterocycles. The highest BCUT2D eigenvalue weighted by atomic mass is 19.4. The largest absolute Gasteiger partial charge is 0.461 e. The number of rotatable bonds is 10. The SMILES string of the molecule is C=CC(=O)OCC1(COC(=O)C=C)c2cc(-c3ccc4ccc5cc(C)cc6ccc3c4c56)ccc2-c2ccc(-c3ccc4ccc5cc(CCC(F)(F)F)cc6ccc3c4c56)cc21. The van der Waals surface area contributed by atoms with Crippen molar-refractivity contribution in [2.24, 2.45) is 0 Å². The minimum Gasteiger partial charge on any atom is -0.461 e. The highest BCUT2D eigenvalue weighted by molar-refractivity contribution is 6.27. The van der Waals surface area contributed by atoms with E-state index in [2.05, 4.69) is 117 Å². The summed E-state index contributed by atoms with van der Waals surface area (Å²) in [4.78, 5) is 25.9. The van der Waals surface area contributed by atoms with Gasteiger partial charge in [-0.25, -0.2) is 9.59 Å². The molecule has 0 N–H and O–H groups in total. The third-order valence-corrected chi connectivity index (χ3v) is 13.3. The smallest absolute Gasteiger partial charge is 0.389 e. The second-order valence-corrected chi connectivity index (χ2v) is 17.1. The lowest BCUT2D eigenvalue weighted by Gasteiger charge is -2.31. The molecule has 0 heterocycles. The molecule has 0 atom stereocenters. The molecule has 0 aromatic heterocycles. The second-order valence-electron chi connectivity index (χ2n) is 17.1. The normalized spacial score (nSPS) is 13.3. The van der Waals surface area contributed by atoms with Gasteiger partial charge < -0.3 is 9.47 Å². The van der Waals surface area contributed by atoms with Gasteiger partial charge in [0.05, 0.1) is 5.41 Å². The van der Waals surface area contributed by atoms with Crippen LogP contribution in [0, 0.1) is 6.92 Å². The third-order valence-electron chi connectivity index (χ3n) is 13.3. The number of aryl methyl sites for hydroxylation is 2. The quantitative estimate of drug-likeness (QED) is 0.0782. The molecule has 0 radical (unpaired) electrons. The van der Waals surface area contributed by atoms with E-state index in [0.29, 0.717) is 5.56 Å². The predicted octanol–water partition coefficient (Wildman–Crippen LogP) is 14.3. The van der Waals surface area contributed by atoms with Crippen molar-refractivity contribution in [2.75, 3.05) is 13.2 Å². The minimum atomic E-state index is -4.24. The Kier molecular flexibility index (Phi) is 8.93. The minimum absolute atomic E-state index is 0.0889. The number of hydrogen-bond acceptors (Lipinski definition) is 4. The van der Waals surface area contributed by atoms with E-state index in [4.69, 9.17) is 9.47 Å². The van der Waals surface area contributed by atoms with Crippen molar-refractivity contribution in [1.29, 1.82) is 0 Å². The number of ether oxygens (including phenoxy) is 2. The lowest BCUT2D eigenvalue weighted by Crippen LogP contribution is -2.38. The number of esters is 2. The Morgan fingerprint density at radius 3 is 1.39 bits per heavy atom. The van der Waals surface area contributed by atoms with Gasteiger partial charge in [-0.1, -0.05) is 134 Å². The molecule has 0 amide bonds. The fourth-order valence-corrected chi connectivity index (χ4v) is 10.5. The maximum atomic E-state index is 13.2. The summed E-state index contributed by atoms with van der Waals surface area (Å²) in [6, 6.07) is 46.1. The van der Waals surface area contributed by atoms with E-state index in [9.17, 15) is 22.8 Å². The molecule has 4 nitrogen and oxygen atoms in total. The zero-order chi connectivity index (χ0) is 44.1. The van der Waals surface area contributed by atoms with E-state index in [1.54, 1.807) is 0 Å². The monoisotopic (exact) mass is 844 g/mol. The van der Waals surface area contributed by atoms with Crippen LogP contribution < -0.4 is 0 Å². The van der Waals surface area contributed by atoms with Crippen LogP contribution in [0.15, 0.2) is 159 Å². The molecule has 64 heavy (non-hydrogen) atoms. The van der Waals surface area contributed by atoms with Crippen LogP contribution in [0.2, 0.25) is 0 Å². The predicted molar refractivity (Wildman–Crippen MR) is 252 cm³/mol. The van der Waals surface area contributed by atoms with E-state index >= 15 is 0 Å². The number of carbonyl (C=O) groups excluding carboxylic acids is 2. The summed E-state index contributed by atoms with van der Waals surface area (Å²) in [6.07, 6.45) is -2.95. The van der Waals surface area contributed by atoms with Gasteiger partial charge in [-0.15, -0.1) is 0 Å². The number of hydrogen-bond donors (Lipinski definition) is 0. The van der Waals surface area contributed by atoms with Crippen molar-refractivity contribution >= 4 is 76.6 Å². The maximum absolute atomic E-state index is 13.2. The molecule has 0 unspecified atom stereocenters. The molecular weight excluding hydrogens is 806 g/mol. The van der Waals surface area contributed by atoms with E-state index in [1.165, 1.54) is 27.1 Å². The van der Waals surface area contributed by atoms with Gasteiger partial charge in [0, 0.05) is 18.6 Å². The average Bonchev–Trinajstić information content (AvgIpc) is 3.57. The lowest BCUT2D eigenvalue weighted by atomic mass is 9.77. The van der Waals surface area contributed by atoms with Crippen LogP contribution in [0.1, 0.15) is 28.7 Å². The molecule has 0 saturated carbocycles. The zero-order valence-electron chi connectivity index (χ0n) is 34.9. The summed E-state index contributed by atoms with van der Waals surface area (Å²) < 4.78 is 51.5. The Morgan fingerprint density at radius 1 is 0.531 bits per heavy atom. The number of halogens is 3. The van der Waals surface area contributed by atoms with Gasteiger partial charge in [-0.3, -0.25) is 0 Å². The Bertz CT molecular complexity index is 3540. The first-order valence-electron chi connectivity index (χ1n) is 21.3. The molecule has 0 spiro atoms. The van der Waals surface area contributed by atoms with Crippen molar-refractivity contribution in [2.45, 2.75) is 31.4 Å².